The van der Waals surface area contributed by atoms with Crippen molar-refractivity contribution in [1.82, 2.24) is 24.7 Å². The zero-order valence-corrected chi connectivity index (χ0v) is 12.0. The fraction of sp³-hybridized carbons (Fsp3) is 0.615. The van der Waals surface area contributed by atoms with E-state index in [1.807, 2.05) is 17.7 Å². The third kappa shape index (κ3) is 3.72. The maximum absolute atomic E-state index is 12.1. The van der Waals surface area contributed by atoms with Gasteiger partial charge in [0.1, 0.15) is 0 Å². The molecule has 7 heteroatoms. The first-order valence-corrected chi connectivity index (χ1v) is 6.83. The Hall–Kier alpha value is -2.05. The molecular formula is C13H21N5O2. The van der Waals surface area contributed by atoms with Gasteiger partial charge in [-0.25, -0.2) is 9.78 Å². The van der Waals surface area contributed by atoms with Crippen LogP contribution in [0.3, 0.4) is 0 Å². The average Bonchev–Trinajstić information content (AvgIpc) is 2.91. The van der Waals surface area contributed by atoms with Crippen LogP contribution in [0.5, 0.6) is 0 Å². The third-order valence-electron chi connectivity index (χ3n) is 3.43. The molecule has 20 heavy (non-hydrogen) atoms. The van der Waals surface area contributed by atoms with Gasteiger partial charge in [-0.3, -0.25) is 4.79 Å². The zero-order valence-electron chi connectivity index (χ0n) is 12.0. The standard InChI is InChI=1S/C13H21N5O2/c1-11(9-16-4-3-14-10-16)15-13(20)18-7-5-17(6-8-18)12(2)19/h3-4,10-11H,5-9H2,1-2H3,(H,15,20)/t11-/m0/s1. The summed E-state index contributed by atoms with van der Waals surface area (Å²) in [5.41, 5.74) is 0. The number of carbonyl (C=O) groups excluding carboxylic acids is 2. The molecule has 1 aliphatic rings. The monoisotopic (exact) mass is 279 g/mol. The molecule has 1 fully saturated rings. The summed E-state index contributed by atoms with van der Waals surface area (Å²) in [6, 6.07) is -0.0386. The number of urea groups is 1. The molecule has 0 radical (unpaired) electrons. The highest BCUT2D eigenvalue weighted by Gasteiger charge is 2.22. The molecule has 1 aromatic heterocycles. The summed E-state index contributed by atoms with van der Waals surface area (Å²) < 4.78 is 1.93. The van der Waals surface area contributed by atoms with Crippen LogP contribution in [-0.4, -0.2) is 63.5 Å². The Kier molecular flexibility index (Phi) is 4.60. The van der Waals surface area contributed by atoms with E-state index in [0.717, 1.165) is 0 Å². The number of amides is 3. The van der Waals surface area contributed by atoms with Gasteiger partial charge < -0.3 is 19.7 Å². The highest BCUT2D eigenvalue weighted by Crippen LogP contribution is 2.03. The highest BCUT2D eigenvalue weighted by molar-refractivity contribution is 5.76. The number of nitrogens with zero attached hydrogens (tertiary/aromatic N) is 4. The summed E-state index contributed by atoms with van der Waals surface area (Å²) in [6.45, 7) is 6.61. The Labute approximate surface area is 118 Å². The zero-order chi connectivity index (χ0) is 14.5. The smallest absolute Gasteiger partial charge is 0.317 e. The van der Waals surface area contributed by atoms with E-state index in [4.69, 9.17) is 0 Å². The second kappa shape index (κ2) is 6.40. The van der Waals surface area contributed by atoms with Crippen LogP contribution in [0.15, 0.2) is 18.7 Å². The van der Waals surface area contributed by atoms with Crippen molar-refractivity contribution in [3.05, 3.63) is 18.7 Å². The van der Waals surface area contributed by atoms with Crippen LogP contribution in [0.25, 0.3) is 0 Å². The fourth-order valence-electron chi connectivity index (χ4n) is 2.28. The Bertz CT molecular complexity index is 451. The molecule has 1 aliphatic heterocycles. The number of rotatable bonds is 3. The number of aromatic nitrogens is 2. The van der Waals surface area contributed by atoms with E-state index in [1.54, 1.807) is 29.2 Å². The van der Waals surface area contributed by atoms with Gasteiger partial charge in [0.15, 0.2) is 0 Å². The van der Waals surface area contributed by atoms with E-state index in [2.05, 4.69) is 10.3 Å². The van der Waals surface area contributed by atoms with Gasteiger partial charge in [-0.05, 0) is 6.92 Å². The molecule has 110 valence electrons. The first-order valence-electron chi connectivity index (χ1n) is 6.83. The highest BCUT2D eigenvalue weighted by atomic mass is 16.2. The Morgan fingerprint density at radius 1 is 1.25 bits per heavy atom. The second-order valence-electron chi connectivity index (χ2n) is 5.10. The van der Waals surface area contributed by atoms with E-state index >= 15 is 0 Å². The molecule has 1 aromatic rings. The van der Waals surface area contributed by atoms with Gasteiger partial charge in [0.05, 0.1) is 6.33 Å². The minimum Gasteiger partial charge on any atom is -0.339 e. The van der Waals surface area contributed by atoms with Gasteiger partial charge >= 0.3 is 6.03 Å². The third-order valence-corrected chi connectivity index (χ3v) is 3.43. The second-order valence-corrected chi connectivity index (χ2v) is 5.10. The van der Waals surface area contributed by atoms with Crippen molar-refractivity contribution in [2.45, 2.75) is 26.4 Å². The molecule has 0 bridgehead atoms. The molecule has 2 rings (SSSR count). The summed E-state index contributed by atoms with van der Waals surface area (Å²) >= 11 is 0. The van der Waals surface area contributed by atoms with Crippen LogP contribution in [-0.2, 0) is 11.3 Å². The minimum absolute atomic E-state index is 0.0301. The van der Waals surface area contributed by atoms with Crippen LogP contribution in [0, 0.1) is 0 Å². The van der Waals surface area contributed by atoms with Crippen LogP contribution in [0.2, 0.25) is 0 Å². The van der Waals surface area contributed by atoms with Crippen LogP contribution < -0.4 is 5.32 Å². The van der Waals surface area contributed by atoms with E-state index in [9.17, 15) is 9.59 Å². The minimum atomic E-state index is -0.0687. The van der Waals surface area contributed by atoms with Crippen molar-refractivity contribution in [3.63, 3.8) is 0 Å². The SMILES string of the molecule is CC(=O)N1CCN(C(=O)N[C@@H](C)Cn2ccnc2)CC1. The van der Waals surface area contributed by atoms with Crippen molar-refractivity contribution in [1.29, 1.82) is 0 Å². The van der Waals surface area contributed by atoms with Gasteiger partial charge in [0.2, 0.25) is 5.91 Å². The lowest BCUT2D eigenvalue weighted by Crippen LogP contribution is -2.54. The molecule has 7 nitrogen and oxygen atoms in total. The predicted molar refractivity (Wildman–Crippen MR) is 74.0 cm³/mol. The predicted octanol–water partition coefficient (Wildman–Crippen LogP) is 0.145. The number of hydrogen-bond donors (Lipinski definition) is 1. The number of imidazole rings is 1. The Morgan fingerprint density at radius 2 is 1.90 bits per heavy atom. The molecule has 0 aliphatic carbocycles. The molecule has 1 saturated heterocycles. The normalized spacial score (nSPS) is 16.9. The largest absolute Gasteiger partial charge is 0.339 e. The molecule has 0 spiro atoms. The fourth-order valence-corrected chi connectivity index (χ4v) is 2.28. The lowest BCUT2D eigenvalue weighted by atomic mass is 10.3. The molecule has 0 unspecified atom stereocenters. The lowest BCUT2D eigenvalue weighted by molar-refractivity contribution is -0.130. The van der Waals surface area contributed by atoms with Gasteiger partial charge in [-0.1, -0.05) is 0 Å². The van der Waals surface area contributed by atoms with Gasteiger partial charge in [-0.2, -0.15) is 0 Å². The van der Waals surface area contributed by atoms with Gasteiger partial charge in [0, 0.05) is 58.1 Å². The Balaban J connectivity index is 1.76. The molecule has 2 heterocycles. The van der Waals surface area contributed by atoms with Crippen molar-refractivity contribution in [2.75, 3.05) is 26.2 Å². The van der Waals surface area contributed by atoms with Gasteiger partial charge in [0.25, 0.3) is 0 Å². The summed E-state index contributed by atoms with van der Waals surface area (Å²) in [6.07, 6.45) is 5.32. The summed E-state index contributed by atoms with van der Waals surface area (Å²) in [5.74, 6) is 0.0681. The van der Waals surface area contributed by atoms with E-state index in [1.165, 1.54) is 0 Å². The summed E-state index contributed by atoms with van der Waals surface area (Å²) in [4.78, 5) is 30.8. The number of nitrogens with one attached hydrogen (secondary N) is 1. The van der Waals surface area contributed by atoms with Crippen molar-refractivity contribution in [3.8, 4) is 0 Å². The summed E-state index contributed by atoms with van der Waals surface area (Å²) in [5, 5.41) is 2.97. The number of hydrogen-bond acceptors (Lipinski definition) is 3. The first-order chi connectivity index (χ1) is 9.56. The maximum atomic E-state index is 12.1. The Morgan fingerprint density at radius 3 is 2.45 bits per heavy atom. The first kappa shape index (κ1) is 14.4. The van der Waals surface area contributed by atoms with E-state index in [0.29, 0.717) is 32.7 Å². The van der Waals surface area contributed by atoms with E-state index < -0.39 is 0 Å². The lowest BCUT2D eigenvalue weighted by Gasteiger charge is -2.34. The average molecular weight is 279 g/mol. The van der Waals surface area contributed by atoms with Crippen LogP contribution in [0.4, 0.5) is 4.79 Å². The summed E-state index contributed by atoms with van der Waals surface area (Å²) in [7, 11) is 0. The van der Waals surface area contributed by atoms with E-state index in [-0.39, 0.29) is 18.0 Å². The molecule has 0 aromatic carbocycles. The van der Waals surface area contributed by atoms with Crippen molar-refractivity contribution in [2.24, 2.45) is 0 Å². The van der Waals surface area contributed by atoms with Crippen molar-refractivity contribution < 1.29 is 9.59 Å². The maximum Gasteiger partial charge on any atom is 0.317 e. The quantitative estimate of drug-likeness (QED) is 0.856. The topological polar surface area (TPSA) is 70.5 Å². The molecule has 0 saturated carbocycles. The molecular weight excluding hydrogens is 258 g/mol. The van der Waals surface area contributed by atoms with Crippen LogP contribution >= 0.6 is 0 Å². The number of piperazine rings is 1. The van der Waals surface area contributed by atoms with Gasteiger partial charge in [-0.15, -0.1) is 0 Å². The van der Waals surface area contributed by atoms with Crippen LogP contribution in [0.1, 0.15) is 13.8 Å². The van der Waals surface area contributed by atoms with Crippen molar-refractivity contribution >= 4 is 11.9 Å². The molecule has 1 N–H and O–H groups in total. The molecule has 1 atom stereocenters. The number of carbonyl (C=O) groups is 2. The molecule has 3 amide bonds.